The summed E-state index contributed by atoms with van der Waals surface area (Å²) < 4.78 is 1.70. The van der Waals surface area contributed by atoms with Gasteiger partial charge in [0.1, 0.15) is 5.15 Å². The van der Waals surface area contributed by atoms with Gasteiger partial charge in [-0.05, 0) is 12.1 Å². The van der Waals surface area contributed by atoms with Gasteiger partial charge in [0.15, 0.2) is 11.5 Å². The number of fused-ring (bicyclic) bond motifs is 1. The molecule has 3 aromatic rings. The normalized spacial score (nSPS) is 10.9. The first-order chi connectivity index (χ1) is 9.65. The van der Waals surface area contributed by atoms with E-state index in [4.69, 9.17) is 11.6 Å². The minimum Gasteiger partial charge on any atom is -0.367 e. The molecular formula is C14H14ClN5. The second kappa shape index (κ2) is 5.09. The topological polar surface area (TPSA) is 46.8 Å². The van der Waals surface area contributed by atoms with Crippen molar-refractivity contribution in [2.45, 2.75) is 6.54 Å². The van der Waals surface area contributed by atoms with E-state index in [1.54, 1.807) is 10.9 Å². The van der Waals surface area contributed by atoms with Crippen LogP contribution in [0.4, 0.5) is 5.69 Å². The van der Waals surface area contributed by atoms with Gasteiger partial charge < -0.3 is 4.90 Å². The first kappa shape index (κ1) is 12.9. The van der Waals surface area contributed by atoms with Gasteiger partial charge in [0.05, 0.1) is 18.1 Å². The number of aryl methyl sites for hydroxylation is 1. The number of hydrogen-bond acceptors (Lipinski definition) is 4. The van der Waals surface area contributed by atoms with E-state index in [2.05, 4.69) is 20.0 Å². The van der Waals surface area contributed by atoms with Gasteiger partial charge in [0, 0.05) is 19.8 Å². The highest BCUT2D eigenvalue weighted by Crippen LogP contribution is 2.20. The highest BCUT2D eigenvalue weighted by Gasteiger charge is 2.11. The highest BCUT2D eigenvalue weighted by molar-refractivity contribution is 6.33. The maximum absolute atomic E-state index is 6.18. The third-order valence-electron chi connectivity index (χ3n) is 3.17. The fourth-order valence-electron chi connectivity index (χ4n) is 2.09. The van der Waals surface area contributed by atoms with Crippen LogP contribution < -0.4 is 4.90 Å². The van der Waals surface area contributed by atoms with Gasteiger partial charge in [-0.1, -0.05) is 29.8 Å². The molecule has 0 saturated heterocycles. The molecule has 2 heterocycles. The molecule has 0 amide bonds. The smallest absolute Gasteiger partial charge is 0.162 e. The van der Waals surface area contributed by atoms with Gasteiger partial charge in [0.2, 0.25) is 0 Å². The molecule has 0 bridgehead atoms. The number of benzene rings is 1. The van der Waals surface area contributed by atoms with Crippen molar-refractivity contribution in [1.82, 2.24) is 19.7 Å². The van der Waals surface area contributed by atoms with Crippen molar-refractivity contribution >= 4 is 28.3 Å². The first-order valence-electron chi connectivity index (χ1n) is 6.25. The van der Waals surface area contributed by atoms with Crippen LogP contribution in [0.5, 0.6) is 0 Å². The standard InChI is InChI=1S/C14H14ClN5/c1-19(10-6-4-3-5-7-10)9-12-17-13(15)11-8-16-20(2)14(11)18-12/h3-8H,9H2,1-2H3. The van der Waals surface area contributed by atoms with E-state index in [0.717, 1.165) is 16.7 Å². The van der Waals surface area contributed by atoms with Crippen LogP contribution in [-0.2, 0) is 13.6 Å². The van der Waals surface area contributed by atoms with Crippen molar-refractivity contribution in [2.24, 2.45) is 7.05 Å². The monoisotopic (exact) mass is 287 g/mol. The summed E-state index contributed by atoms with van der Waals surface area (Å²) in [5.41, 5.74) is 1.86. The lowest BCUT2D eigenvalue weighted by molar-refractivity contribution is 0.773. The second-order valence-electron chi connectivity index (χ2n) is 4.63. The van der Waals surface area contributed by atoms with Gasteiger partial charge in [0.25, 0.3) is 0 Å². The average molecular weight is 288 g/mol. The van der Waals surface area contributed by atoms with Crippen molar-refractivity contribution < 1.29 is 0 Å². The zero-order valence-corrected chi connectivity index (χ0v) is 12.0. The van der Waals surface area contributed by atoms with Crippen molar-refractivity contribution in [3.05, 3.63) is 47.5 Å². The molecule has 102 valence electrons. The van der Waals surface area contributed by atoms with Crippen molar-refractivity contribution in [2.75, 3.05) is 11.9 Å². The van der Waals surface area contributed by atoms with Gasteiger partial charge >= 0.3 is 0 Å². The Bertz CT molecular complexity index is 738. The third-order valence-corrected chi connectivity index (χ3v) is 3.46. The molecule has 3 rings (SSSR count). The van der Waals surface area contributed by atoms with E-state index >= 15 is 0 Å². The zero-order chi connectivity index (χ0) is 14.1. The van der Waals surface area contributed by atoms with Gasteiger partial charge in [-0.25, -0.2) is 9.97 Å². The summed E-state index contributed by atoms with van der Waals surface area (Å²) in [5.74, 6) is 0.678. The molecule has 0 radical (unpaired) electrons. The second-order valence-corrected chi connectivity index (χ2v) is 4.99. The molecule has 0 aliphatic rings. The summed E-state index contributed by atoms with van der Waals surface area (Å²) in [5, 5.41) is 5.37. The summed E-state index contributed by atoms with van der Waals surface area (Å²) in [7, 11) is 3.84. The van der Waals surface area contributed by atoms with Crippen molar-refractivity contribution in [1.29, 1.82) is 0 Å². The largest absolute Gasteiger partial charge is 0.367 e. The van der Waals surface area contributed by atoms with E-state index < -0.39 is 0 Å². The predicted molar refractivity (Wildman–Crippen MR) is 79.9 cm³/mol. The zero-order valence-electron chi connectivity index (χ0n) is 11.3. The van der Waals surface area contributed by atoms with Crippen molar-refractivity contribution in [3.63, 3.8) is 0 Å². The fourth-order valence-corrected chi connectivity index (χ4v) is 2.32. The van der Waals surface area contributed by atoms with Crippen LogP contribution in [0, 0.1) is 0 Å². The van der Waals surface area contributed by atoms with E-state index in [1.807, 2.05) is 44.4 Å². The molecule has 20 heavy (non-hydrogen) atoms. The maximum Gasteiger partial charge on any atom is 0.162 e. The predicted octanol–water partition coefficient (Wildman–Crippen LogP) is 2.65. The Hall–Kier alpha value is -2.14. The highest BCUT2D eigenvalue weighted by atomic mass is 35.5. The maximum atomic E-state index is 6.18. The Morgan fingerprint density at radius 1 is 1.20 bits per heavy atom. The minimum absolute atomic E-state index is 0.444. The van der Waals surface area contributed by atoms with Crippen LogP contribution in [0.1, 0.15) is 5.82 Å². The molecule has 0 saturated carbocycles. The Morgan fingerprint density at radius 3 is 2.70 bits per heavy atom. The Balaban J connectivity index is 1.93. The molecule has 0 unspecified atom stereocenters. The van der Waals surface area contributed by atoms with E-state index in [-0.39, 0.29) is 0 Å². The molecule has 0 N–H and O–H groups in total. The van der Waals surface area contributed by atoms with Crippen LogP contribution in [0.15, 0.2) is 36.5 Å². The first-order valence-corrected chi connectivity index (χ1v) is 6.63. The number of rotatable bonds is 3. The Morgan fingerprint density at radius 2 is 1.95 bits per heavy atom. The SMILES string of the molecule is CN(Cc1nc(Cl)c2cnn(C)c2n1)c1ccccc1. The third kappa shape index (κ3) is 2.32. The van der Waals surface area contributed by atoms with Crippen LogP contribution in [0.2, 0.25) is 5.15 Å². The molecule has 5 nitrogen and oxygen atoms in total. The molecular weight excluding hydrogens is 274 g/mol. The average Bonchev–Trinajstić information content (AvgIpc) is 2.82. The summed E-state index contributed by atoms with van der Waals surface area (Å²) >= 11 is 6.18. The number of para-hydroxylation sites is 1. The lowest BCUT2D eigenvalue weighted by Gasteiger charge is -2.18. The number of aromatic nitrogens is 4. The molecule has 2 aromatic heterocycles. The van der Waals surface area contributed by atoms with Crippen molar-refractivity contribution in [3.8, 4) is 0 Å². The molecule has 0 aliphatic carbocycles. The summed E-state index contributed by atoms with van der Waals surface area (Å²) in [4.78, 5) is 10.9. The summed E-state index contributed by atoms with van der Waals surface area (Å²) in [6.07, 6.45) is 1.68. The number of halogens is 1. The molecule has 6 heteroatoms. The van der Waals surface area contributed by atoms with Gasteiger partial charge in [-0.3, -0.25) is 4.68 Å². The molecule has 0 spiro atoms. The van der Waals surface area contributed by atoms with E-state index in [1.165, 1.54) is 0 Å². The Labute approximate surface area is 121 Å². The van der Waals surface area contributed by atoms with E-state index in [9.17, 15) is 0 Å². The molecule has 0 fully saturated rings. The number of anilines is 1. The summed E-state index contributed by atoms with van der Waals surface area (Å²) in [6, 6.07) is 10.1. The Kier molecular flexibility index (Phi) is 3.28. The lowest BCUT2D eigenvalue weighted by Crippen LogP contribution is -2.18. The molecule has 0 aliphatic heterocycles. The van der Waals surface area contributed by atoms with Crippen LogP contribution >= 0.6 is 11.6 Å². The summed E-state index contributed by atoms with van der Waals surface area (Å²) in [6.45, 7) is 0.588. The fraction of sp³-hybridized carbons (Fsp3) is 0.214. The van der Waals surface area contributed by atoms with Crippen LogP contribution in [0.3, 0.4) is 0 Å². The quantitative estimate of drug-likeness (QED) is 0.695. The number of nitrogens with zero attached hydrogens (tertiary/aromatic N) is 5. The van der Waals surface area contributed by atoms with E-state index in [0.29, 0.717) is 17.5 Å². The number of hydrogen-bond donors (Lipinski definition) is 0. The van der Waals surface area contributed by atoms with Gasteiger partial charge in [-0.2, -0.15) is 5.10 Å². The molecule has 0 atom stereocenters. The molecule has 1 aromatic carbocycles. The lowest BCUT2D eigenvalue weighted by atomic mass is 10.3. The van der Waals surface area contributed by atoms with Crippen LogP contribution in [-0.4, -0.2) is 26.8 Å². The van der Waals surface area contributed by atoms with Crippen LogP contribution in [0.25, 0.3) is 11.0 Å². The minimum atomic E-state index is 0.444. The van der Waals surface area contributed by atoms with Gasteiger partial charge in [-0.15, -0.1) is 0 Å².